The number of carbonyl (C=O) groups excluding carboxylic acids is 1. The molecule has 0 atom stereocenters. The number of rotatable bonds is 4. The third kappa shape index (κ3) is 3.27. The number of pyridine rings is 1. The molecule has 0 radical (unpaired) electrons. The summed E-state index contributed by atoms with van der Waals surface area (Å²) < 4.78 is 26.9. The number of aromatic nitrogens is 2. The van der Waals surface area contributed by atoms with E-state index in [1.165, 1.54) is 30.9 Å². The van der Waals surface area contributed by atoms with E-state index < -0.39 is 10.0 Å². The summed E-state index contributed by atoms with van der Waals surface area (Å²) in [6.45, 7) is 3.67. The molecule has 0 bridgehead atoms. The Kier molecular flexibility index (Phi) is 4.58. The smallest absolute Gasteiger partial charge is 0.272 e. The first-order valence-electron chi connectivity index (χ1n) is 6.97. The minimum absolute atomic E-state index is 0.0785. The van der Waals surface area contributed by atoms with Crippen LogP contribution in [0.3, 0.4) is 0 Å². The molecule has 1 amide bonds. The lowest BCUT2D eigenvalue weighted by Gasteiger charge is -2.10. The average Bonchev–Trinajstić information content (AvgIpc) is 2.85. The summed E-state index contributed by atoms with van der Waals surface area (Å²) >= 11 is 0. The quantitative estimate of drug-likeness (QED) is 0.918. The SMILES string of the molecule is Cc1ccnc(C)c1NC(=O)c1cc(S(=O)(=O)N(C)C)cn1C. The fourth-order valence-corrected chi connectivity index (χ4v) is 3.15. The van der Waals surface area contributed by atoms with Crippen LogP contribution in [-0.4, -0.2) is 42.3 Å². The largest absolute Gasteiger partial charge is 0.345 e. The van der Waals surface area contributed by atoms with E-state index in [0.717, 1.165) is 9.87 Å². The van der Waals surface area contributed by atoms with Crippen LogP contribution >= 0.6 is 0 Å². The second-order valence-corrected chi connectivity index (χ2v) is 7.65. The van der Waals surface area contributed by atoms with Crippen molar-refractivity contribution in [3.8, 4) is 0 Å². The molecule has 23 heavy (non-hydrogen) atoms. The van der Waals surface area contributed by atoms with Gasteiger partial charge in [-0.25, -0.2) is 12.7 Å². The zero-order chi connectivity index (χ0) is 17.4. The zero-order valence-electron chi connectivity index (χ0n) is 13.8. The first-order valence-corrected chi connectivity index (χ1v) is 8.41. The van der Waals surface area contributed by atoms with Crippen LogP contribution < -0.4 is 5.32 Å². The molecule has 2 aromatic heterocycles. The van der Waals surface area contributed by atoms with Gasteiger partial charge >= 0.3 is 0 Å². The first kappa shape index (κ1) is 17.2. The summed E-state index contributed by atoms with van der Waals surface area (Å²) in [5, 5.41) is 2.80. The van der Waals surface area contributed by atoms with Gasteiger partial charge in [-0.3, -0.25) is 9.78 Å². The van der Waals surface area contributed by atoms with Gasteiger partial charge in [-0.2, -0.15) is 0 Å². The van der Waals surface area contributed by atoms with Crippen LogP contribution in [0.2, 0.25) is 0 Å². The molecule has 0 aliphatic rings. The predicted molar refractivity (Wildman–Crippen MR) is 88.0 cm³/mol. The summed E-state index contributed by atoms with van der Waals surface area (Å²) in [5.41, 5.74) is 2.48. The molecule has 0 saturated carbocycles. The Balaban J connectivity index is 2.37. The van der Waals surface area contributed by atoms with E-state index in [4.69, 9.17) is 0 Å². The summed E-state index contributed by atoms with van der Waals surface area (Å²) in [6.07, 6.45) is 3.10. The molecule has 7 nitrogen and oxygen atoms in total. The van der Waals surface area contributed by atoms with E-state index >= 15 is 0 Å². The number of amides is 1. The van der Waals surface area contributed by atoms with Gasteiger partial charge in [-0.05, 0) is 31.5 Å². The van der Waals surface area contributed by atoms with Gasteiger partial charge in [0, 0.05) is 33.5 Å². The van der Waals surface area contributed by atoms with Crippen molar-refractivity contribution < 1.29 is 13.2 Å². The van der Waals surface area contributed by atoms with Gasteiger partial charge in [-0.1, -0.05) is 0 Å². The second kappa shape index (κ2) is 6.13. The van der Waals surface area contributed by atoms with Crippen LogP contribution in [0.15, 0.2) is 29.4 Å². The zero-order valence-corrected chi connectivity index (χ0v) is 14.6. The number of nitrogens with one attached hydrogen (secondary N) is 1. The molecule has 124 valence electrons. The Bertz CT molecular complexity index is 833. The van der Waals surface area contributed by atoms with Gasteiger partial charge < -0.3 is 9.88 Å². The predicted octanol–water partition coefficient (Wildman–Crippen LogP) is 1.54. The minimum atomic E-state index is -3.58. The van der Waals surface area contributed by atoms with Crippen molar-refractivity contribution in [2.75, 3.05) is 19.4 Å². The molecule has 0 spiro atoms. The van der Waals surface area contributed by atoms with Crippen molar-refractivity contribution in [2.45, 2.75) is 18.7 Å². The van der Waals surface area contributed by atoms with E-state index in [0.29, 0.717) is 11.4 Å². The maximum absolute atomic E-state index is 12.5. The Morgan fingerprint density at radius 3 is 2.52 bits per heavy atom. The number of anilines is 1. The lowest BCUT2D eigenvalue weighted by molar-refractivity contribution is 0.101. The summed E-state index contributed by atoms with van der Waals surface area (Å²) in [4.78, 5) is 16.7. The molecule has 0 unspecified atom stereocenters. The molecular weight excluding hydrogens is 316 g/mol. The van der Waals surface area contributed by atoms with Crippen LogP contribution in [0.4, 0.5) is 5.69 Å². The molecule has 2 rings (SSSR count). The third-order valence-corrected chi connectivity index (χ3v) is 5.36. The Morgan fingerprint density at radius 1 is 1.30 bits per heavy atom. The van der Waals surface area contributed by atoms with Crippen molar-refractivity contribution in [3.63, 3.8) is 0 Å². The highest BCUT2D eigenvalue weighted by molar-refractivity contribution is 7.89. The number of carbonyl (C=O) groups is 1. The lowest BCUT2D eigenvalue weighted by Crippen LogP contribution is -2.21. The summed E-state index contributed by atoms with van der Waals surface area (Å²) in [5.74, 6) is -0.382. The molecule has 2 heterocycles. The highest BCUT2D eigenvalue weighted by Gasteiger charge is 2.23. The number of hydrogen-bond donors (Lipinski definition) is 1. The highest BCUT2D eigenvalue weighted by Crippen LogP contribution is 2.20. The maximum atomic E-state index is 12.5. The van der Waals surface area contributed by atoms with Gasteiger partial charge in [-0.15, -0.1) is 0 Å². The molecule has 0 aliphatic heterocycles. The standard InChI is InChI=1S/C15H20N4O3S/c1-10-6-7-16-11(2)14(10)17-15(20)13-8-12(9-19(13)5)23(21,22)18(3)4/h6-9H,1-5H3,(H,17,20). The topological polar surface area (TPSA) is 84.3 Å². The summed E-state index contributed by atoms with van der Waals surface area (Å²) in [6, 6.07) is 3.17. The van der Waals surface area contributed by atoms with E-state index in [2.05, 4.69) is 10.3 Å². The summed E-state index contributed by atoms with van der Waals surface area (Å²) in [7, 11) is 0.948. The Morgan fingerprint density at radius 2 is 1.96 bits per heavy atom. The molecule has 0 aliphatic carbocycles. The van der Waals surface area contributed by atoms with Crippen LogP contribution in [0, 0.1) is 13.8 Å². The molecule has 2 aromatic rings. The number of nitrogens with zero attached hydrogens (tertiary/aromatic N) is 3. The Hall–Kier alpha value is -2.19. The van der Waals surface area contributed by atoms with Crippen molar-refractivity contribution in [3.05, 3.63) is 41.5 Å². The van der Waals surface area contributed by atoms with Gasteiger partial charge in [0.2, 0.25) is 10.0 Å². The number of hydrogen-bond acceptors (Lipinski definition) is 4. The van der Waals surface area contributed by atoms with Gasteiger partial charge in [0.05, 0.1) is 11.4 Å². The van der Waals surface area contributed by atoms with Crippen LogP contribution in [0.25, 0.3) is 0 Å². The van der Waals surface area contributed by atoms with Crippen molar-refractivity contribution in [1.29, 1.82) is 0 Å². The third-order valence-electron chi connectivity index (χ3n) is 3.58. The monoisotopic (exact) mass is 336 g/mol. The molecular formula is C15H20N4O3S. The van der Waals surface area contributed by atoms with E-state index in [1.54, 1.807) is 26.2 Å². The number of aryl methyl sites for hydroxylation is 3. The molecule has 0 aromatic carbocycles. The van der Waals surface area contributed by atoms with E-state index in [9.17, 15) is 13.2 Å². The second-order valence-electron chi connectivity index (χ2n) is 5.50. The maximum Gasteiger partial charge on any atom is 0.272 e. The highest BCUT2D eigenvalue weighted by atomic mass is 32.2. The van der Waals surface area contributed by atoms with Crippen molar-refractivity contribution in [2.24, 2.45) is 7.05 Å². The van der Waals surface area contributed by atoms with E-state index in [1.807, 2.05) is 6.92 Å². The van der Waals surface area contributed by atoms with Crippen LogP contribution in [0.5, 0.6) is 0 Å². The fraction of sp³-hybridized carbons (Fsp3) is 0.333. The molecule has 0 saturated heterocycles. The van der Waals surface area contributed by atoms with Crippen molar-refractivity contribution >= 4 is 21.6 Å². The molecule has 1 N–H and O–H groups in total. The number of sulfonamides is 1. The average molecular weight is 336 g/mol. The van der Waals surface area contributed by atoms with Gasteiger partial charge in [0.25, 0.3) is 5.91 Å². The normalized spacial score (nSPS) is 11.7. The van der Waals surface area contributed by atoms with Gasteiger partial charge in [0.15, 0.2) is 0 Å². The van der Waals surface area contributed by atoms with Gasteiger partial charge in [0.1, 0.15) is 10.6 Å². The van der Waals surface area contributed by atoms with E-state index in [-0.39, 0.29) is 16.5 Å². The minimum Gasteiger partial charge on any atom is -0.345 e. The molecule has 0 fully saturated rings. The molecule has 8 heteroatoms. The van der Waals surface area contributed by atoms with Crippen LogP contribution in [-0.2, 0) is 17.1 Å². The fourth-order valence-electron chi connectivity index (χ4n) is 2.17. The first-order chi connectivity index (χ1) is 10.6. The lowest BCUT2D eigenvalue weighted by atomic mass is 10.2. The Labute approximate surface area is 136 Å². The van der Waals surface area contributed by atoms with Crippen LogP contribution in [0.1, 0.15) is 21.7 Å². The van der Waals surface area contributed by atoms with Crippen molar-refractivity contribution in [1.82, 2.24) is 13.9 Å².